The molecule has 0 fully saturated rings. The second kappa shape index (κ2) is 2.90. The third kappa shape index (κ3) is 1.40. The molecule has 3 N–H and O–H groups in total. The molecule has 0 bridgehead atoms. The summed E-state index contributed by atoms with van der Waals surface area (Å²) < 4.78 is 0. The van der Waals surface area contributed by atoms with Crippen LogP contribution in [0.4, 0.5) is 5.69 Å². The van der Waals surface area contributed by atoms with E-state index in [1.165, 1.54) is 0 Å². The van der Waals surface area contributed by atoms with Gasteiger partial charge in [-0.1, -0.05) is 17.7 Å². The molecule has 0 unspecified atom stereocenters. The van der Waals surface area contributed by atoms with Crippen molar-refractivity contribution in [1.82, 2.24) is 0 Å². The molecule has 0 aliphatic heterocycles. The number of aryl methyl sites for hydroxylation is 1. The summed E-state index contributed by atoms with van der Waals surface area (Å²) in [5, 5.41) is 0.693. The van der Waals surface area contributed by atoms with Crippen LogP contribution in [0.5, 0.6) is 0 Å². The van der Waals surface area contributed by atoms with Crippen molar-refractivity contribution in [2.24, 2.45) is 5.84 Å². The van der Waals surface area contributed by atoms with Gasteiger partial charge in [-0.05, 0) is 24.6 Å². The predicted octanol–water partition coefficient (Wildman–Crippen LogP) is 1.93. The van der Waals surface area contributed by atoms with Crippen molar-refractivity contribution in [2.45, 2.75) is 6.92 Å². The fraction of sp³-hybridized carbons (Fsp3) is 0.143. The Morgan fingerprint density at radius 3 is 2.70 bits per heavy atom. The predicted molar refractivity (Wildman–Crippen MR) is 44.0 cm³/mol. The molecule has 54 valence electrons. The first-order valence-electron chi connectivity index (χ1n) is 2.97. The van der Waals surface area contributed by atoms with Gasteiger partial charge in [0, 0.05) is 5.02 Å². The van der Waals surface area contributed by atoms with Crippen LogP contribution in [0, 0.1) is 6.92 Å². The molecule has 0 aliphatic carbocycles. The number of halogens is 1. The third-order valence-corrected chi connectivity index (χ3v) is 1.59. The van der Waals surface area contributed by atoms with Gasteiger partial charge in [-0.25, -0.2) is 0 Å². The van der Waals surface area contributed by atoms with Gasteiger partial charge >= 0.3 is 0 Å². The third-order valence-electron chi connectivity index (χ3n) is 1.36. The maximum atomic E-state index is 5.70. The largest absolute Gasteiger partial charge is 0.324 e. The van der Waals surface area contributed by atoms with E-state index >= 15 is 0 Å². The second-order valence-electron chi connectivity index (χ2n) is 2.10. The monoisotopic (exact) mass is 156 g/mol. The molecule has 10 heavy (non-hydrogen) atoms. The SMILES string of the molecule is Cc1ccc(Cl)cc1NN. The summed E-state index contributed by atoms with van der Waals surface area (Å²) in [5.74, 6) is 5.21. The van der Waals surface area contributed by atoms with E-state index < -0.39 is 0 Å². The van der Waals surface area contributed by atoms with Crippen molar-refractivity contribution in [3.05, 3.63) is 28.8 Å². The number of nitrogens with two attached hydrogens (primary N) is 1. The van der Waals surface area contributed by atoms with E-state index in [0.29, 0.717) is 5.02 Å². The molecule has 0 saturated heterocycles. The topological polar surface area (TPSA) is 38.0 Å². The summed E-state index contributed by atoms with van der Waals surface area (Å²) in [6.45, 7) is 1.96. The average molecular weight is 157 g/mol. The Balaban J connectivity index is 3.09. The van der Waals surface area contributed by atoms with Crippen LogP contribution in [-0.4, -0.2) is 0 Å². The minimum absolute atomic E-state index is 0.693. The quantitative estimate of drug-likeness (QED) is 0.482. The molecule has 0 aliphatic rings. The van der Waals surface area contributed by atoms with Crippen molar-refractivity contribution in [1.29, 1.82) is 0 Å². The minimum Gasteiger partial charge on any atom is -0.324 e. The summed E-state index contributed by atoms with van der Waals surface area (Å²) in [5.41, 5.74) is 4.51. The Bertz CT molecular complexity index is 235. The van der Waals surface area contributed by atoms with Gasteiger partial charge in [-0.3, -0.25) is 5.84 Å². The fourth-order valence-corrected chi connectivity index (χ4v) is 0.922. The highest BCUT2D eigenvalue weighted by molar-refractivity contribution is 6.30. The average Bonchev–Trinajstić information content (AvgIpc) is 1.94. The molecule has 3 heteroatoms. The summed E-state index contributed by atoms with van der Waals surface area (Å²) >= 11 is 5.70. The van der Waals surface area contributed by atoms with E-state index in [0.717, 1.165) is 11.3 Å². The normalized spacial score (nSPS) is 9.50. The molecule has 0 radical (unpaired) electrons. The summed E-state index contributed by atoms with van der Waals surface area (Å²) in [6, 6.07) is 5.53. The van der Waals surface area contributed by atoms with Crippen LogP contribution in [0.25, 0.3) is 0 Å². The fourth-order valence-electron chi connectivity index (χ4n) is 0.750. The van der Waals surface area contributed by atoms with E-state index in [9.17, 15) is 0 Å². The smallest absolute Gasteiger partial charge is 0.0529 e. The van der Waals surface area contributed by atoms with Crippen molar-refractivity contribution >= 4 is 17.3 Å². The van der Waals surface area contributed by atoms with Crippen LogP contribution < -0.4 is 11.3 Å². The van der Waals surface area contributed by atoms with Gasteiger partial charge in [-0.15, -0.1) is 0 Å². The highest BCUT2D eigenvalue weighted by Crippen LogP contribution is 2.18. The van der Waals surface area contributed by atoms with Crippen molar-refractivity contribution in [3.8, 4) is 0 Å². The van der Waals surface area contributed by atoms with Gasteiger partial charge in [0.05, 0.1) is 5.69 Å². The van der Waals surface area contributed by atoms with Gasteiger partial charge < -0.3 is 5.43 Å². The molecular formula is C7H9ClN2. The number of hydrogen-bond donors (Lipinski definition) is 2. The number of nitrogens with one attached hydrogen (secondary N) is 1. The molecule has 0 atom stereocenters. The number of hydrogen-bond acceptors (Lipinski definition) is 2. The molecule has 0 saturated carbocycles. The maximum absolute atomic E-state index is 5.70. The Kier molecular flexibility index (Phi) is 2.14. The van der Waals surface area contributed by atoms with Crippen molar-refractivity contribution in [2.75, 3.05) is 5.43 Å². The maximum Gasteiger partial charge on any atom is 0.0529 e. The molecule has 2 nitrogen and oxygen atoms in total. The van der Waals surface area contributed by atoms with Gasteiger partial charge in [0.25, 0.3) is 0 Å². The van der Waals surface area contributed by atoms with E-state index in [4.69, 9.17) is 17.4 Å². The zero-order valence-electron chi connectivity index (χ0n) is 5.69. The first kappa shape index (κ1) is 7.38. The van der Waals surface area contributed by atoms with E-state index in [-0.39, 0.29) is 0 Å². The minimum atomic E-state index is 0.693. The highest BCUT2D eigenvalue weighted by Gasteiger charge is 1.94. The molecule has 1 aromatic carbocycles. The number of anilines is 1. The standard InChI is InChI=1S/C7H9ClN2/c1-5-2-3-6(8)4-7(5)10-9/h2-4,10H,9H2,1H3. The number of benzene rings is 1. The van der Waals surface area contributed by atoms with Crippen LogP contribution in [0.15, 0.2) is 18.2 Å². The van der Waals surface area contributed by atoms with Crippen LogP contribution in [0.3, 0.4) is 0 Å². The lowest BCUT2D eigenvalue weighted by atomic mass is 10.2. The van der Waals surface area contributed by atoms with Crippen LogP contribution in [-0.2, 0) is 0 Å². The number of rotatable bonds is 1. The van der Waals surface area contributed by atoms with E-state index in [2.05, 4.69) is 5.43 Å². The van der Waals surface area contributed by atoms with Crippen LogP contribution in [0.1, 0.15) is 5.56 Å². The van der Waals surface area contributed by atoms with Gasteiger partial charge in [0.1, 0.15) is 0 Å². The first-order chi connectivity index (χ1) is 4.74. The van der Waals surface area contributed by atoms with Crippen molar-refractivity contribution < 1.29 is 0 Å². The zero-order valence-corrected chi connectivity index (χ0v) is 6.44. The molecule has 0 heterocycles. The highest BCUT2D eigenvalue weighted by atomic mass is 35.5. The van der Waals surface area contributed by atoms with Crippen LogP contribution in [0.2, 0.25) is 5.02 Å². The molecule has 0 aromatic heterocycles. The lowest BCUT2D eigenvalue weighted by Gasteiger charge is -2.03. The zero-order chi connectivity index (χ0) is 7.56. The Morgan fingerprint density at radius 1 is 1.50 bits per heavy atom. The number of nitrogen functional groups attached to an aromatic ring is 1. The lowest BCUT2D eigenvalue weighted by Crippen LogP contribution is -2.07. The summed E-state index contributed by atoms with van der Waals surface area (Å²) in [7, 11) is 0. The van der Waals surface area contributed by atoms with Crippen molar-refractivity contribution in [3.63, 3.8) is 0 Å². The Morgan fingerprint density at radius 2 is 2.20 bits per heavy atom. The second-order valence-corrected chi connectivity index (χ2v) is 2.54. The first-order valence-corrected chi connectivity index (χ1v) is 3.34. The van der Waals surface area contributed by atoms with Gasteiger partial charge in [-0.2, -0.15) is 0 Å². The number of hydrazine groups is 1. The molecule has 1 rings (SSSR count). The summed E-state index contributed by atoms with van der Waals surface area (Å²) in [4.78, 5) is 0. The Labute approximate surface area is 65.0 Å². The van der Waals surface area contributed by atoms with E-state index in [1.807, 2.05) is 19.1 Å². The Hall–Kier alpha value is -0.730. The molecular weight excluding hydrogens is 148 g/mol. The molecule has 1 aromatic rings. The van der Waals surface area contributed by atoms with Crippen LogP contribution >= 0.6 is 11.6 Å². The van der Waals surface area contributed by atoms with Gasteiger partial charge in [0.2, 0.25) is 0 Å². The van der Waals surface area contributed by atoms with Gasteiger partial charge in [0.15, 0.2) is 0 Å². The lowest BCUT2D eigenvalue weighted by molar-refractivity contribution is 1.31. The molecule has 0 spiro atoms. The van der Waals surface area contributed by atoms with E-state index in [1.54, 1.807) is 6.07 Å². The molecule has 0 amide bonds. The summed E-state index contributed by atoms with van der Waals surface area (Å²) in [6.07, 6.45) is 0.